The highest BCUT2D eigenvalue weighted by Crippen LogP contribution is 2.21. The van der Waals surface area contributed by atoms with Gasteiger partial charge in [-0.05, 0) is 18.3 Å². The zero-order valence-electron chi connectivity index (χ0n) is 10.3. The average Bonchev–Trinajstić information content (AvgIpc) is 2.40. The smallest absolute Gasteiger partial charge is 0.0600 e. The lowest BCUT2D eigenvalue weighted by Gasteiger charge is -2.28. The Hall–Kier alpha value is -0.120. The van der Waals surface area contributed by atoms with Crippen molar-refractivity contribution in [1.29, 1.82) is 0 Å². The molecular weight excluding hydrogens is 190 g/mol. The molecule has 1 aliphatic heterocycles. The van der Waals surface area contributed by atoms with E-state index in [0.29, 0.717) is 0 Å². The molecular formula is C12H25NO2. The van der Waals surface area contributed by atoms with E-state index in [2.05, 4.69) is 25.7 Å². The fourth-order valence-corrected chi connectivity index (χ4v) is 1.76. The van der Waals surface area contributed by atoms with Crippen molar-refractivity contribution < 1.29 is 9.84 Å². The molecule has 1 atom stereocenters. The first-order chi connectivity index (χ1) is 7.00. The fraction of sp³-hybridized carbons (Fsp3) is 1.00. The SMILES string of the molecule is CC(C)(C)C(O)CCN1CCCOCC1. The molecule has 1 unspecified atom stereocenters. The summed E-state index contributed by atoms with van der Waals surface area (Å²) in [4.78, 5) is 2.39. The van der Waals surface area contributed by atoms with E-state index in [0.717, 1.165) is 45.7 Å². The van der Waals surface area contributed by atoms with Crippen LogP contribution in [0.15, 0.2) is 0 Å². The third-order valence-corrected chi connectivity index (χ3v) is 3.03. The van der Waals surface area contributed by atoms with Crippen molar-refractivity contribution in [2.75, 3.05) is 32.8 Å². The first-order valence-corrected chi connectivity index (χ1v) is 5.98. The molecule has 3 nitrogen and oxygen atoms in total. The zero-order chi connectivity index (χ0) is 11.3. The van der Waals surface area contributed by atoms with Crippen molar-refractivity contribution >= 4 is 0 Å². The lowest BCUT2D eigenvalue weighted by atomic mass is 9.87. The Balaban J connectivity index is 2.23. The molecule has 1 fully saturated rings. The number of aliphatic hydroxyl groups excluding tert-OH is 1. The molecule has 0 bridgehead atoms. The Bertz CT molecular complexity index is 169. The third kappa shape index (κ3) is 4.96. The van der Waals surface area contributed by atoms with E-state index < -0.39 is 0 Å². The summed E-state index contributed by atoms with van der Waals surface area (Å²) in [6.45, 7) is 11.1. The minimum atomic E-state index is -0.207. The first kappa shape index (κ1) is 12.9. The number of nitrogens with zero attached hydrogens (tertiary/aromatic N) is 1. The summed E-state index contributed by atoms with van der Waals surface area (Å²) in [5.74, 6) is 0. The van der Waals surface area contributed by atoms with Crippen LogP contribution in [0.1, 0.15) is 33.6 Å². The molecule has 1 saturated heterocycles. The van der Waals surface area contributed by atoms with Gasteiger partial charge < -0.3 is 14.7 Å². The van der Waals surface area contributed by atoms with E-state index in [1.807, 2.05) is 0 Å². The van der Waals surface area contributed by atoms with Crippen LogP contribution in [0.5, 0.6) is 0 Å². The minimum absolute atomic E-state index is 0.00233. The van der Waals surface area contributed by atoms with Gasteiger partial charge in [-0.2, -0.15) is 0 Å². The summed E-state index contributed by atoms with van der Waals surface area (Å²) >= 11 is 0. The molecule has 0 aliphatic carbocycles. The van der Waals surface area contributed by atoms with Gasteiger partial charge in [-0.3, -0.25) is 0 Å². The molecule has 0 aromatic rings. The molecule has 1 rings (SSSR count). The van der Waals surface area contributed by atoms with Crippen LogP contribution in [0.25, 0.3) is 0 Å². The Labute approximate surface area is 93.4 Å². The van der Waals surface area contributed by atoms with Crippen molar-refractivity contribution in [2.24, 2.45) is 5.41 Å². The number of hydrogen-bond donors (Lipinski definition) is 1. The van der Waals surface area contributed by atoms with Crippen LogP contribution in [0.4, 0.5) is 0 Å². The van der Waals surface area contributed by atoms with Gasteiger partial charge in [-0.25, -0.2) is 0 Å². The Morgan fingerprint density at radius 1 is 1.27 bits per heavy atom. The van der Waals surface area contributed by atoms with Gasteiger partial charge in [0.25, 0.3) is 0 Å². The van der Waals surface area contributed by atoms with Crippen LogP contribution < -0.4 is 0 Å². The second-order valence-corrected chi connectivity index (χ2v) is 5.48. The third-order valence-electron chi connectivity index (χ3n) is 3.03. The van der Waals surface area contributed by atoms with Crippen LogP contribution in [0, 0.1) is 5.41 Å². The summed E-state index contributed by atoms with van der Waals surface area (Å²) < 4.78 is 5.39. The summed E-state index contributed by atoms with van der Waals surface area (Å²) in [5.41, 5.74) is 0.00233. The first-order valence-electron chi connectivity index (χ1n) is 5.98. The van der Waals surface area contributed by atoms with Crippen molar-refractivity contribution in [3.05, 3.63) is 0 Å². The van der Waals surface area contributed by atoms with Gasteiger partial charge >= 0.3 is 0 Å². The highest BCUT2D eigenvalue weighted by Gasteiger charge is 2.22. The Morgan fingerprint density at radius 2 is 2.00 bits per heavy atom. The molecule has 0 saturated carbocycles. The minimum Gasteiger partial charge on any atom is -0.393 e. The molecule has 1 N–H and O–H groups in total. The maximum absolute atomic E-state index is 9.93. The Kier molecular flexibility index (Phi) is 5.03. The van der Waals surface area contributed by atoms with Crippen LogP contribution in [-0.2, 0) is 4.74 Å². The summed E-state index contributed by atoms with van der Waals surface area (Å²) in [6, 6.07) is 0. The van der Waals surface area contributed by atoms with E-state index in [4.69, 9.17) is 4.74 Å². The maximum Gasteiger partial charge on any atom is 0.0600 e. The van der Waals surface area contributed by atoms with Crippen LogP contribution in [0.2, 0.25) is 0 Å². The molecule has 15 heavy (non-hydrogen) atoms. The van der Waals surface area contributed by atoms with Crippen molar-refractivity contribution in [3.63, 3.8) is 0 Å². The zero-order valence-corrected chi connectivity index (χ0v) is 10.3. The lowest BCUT2D eigenvalue weighted by molar-refractivity contribution is 0.0451. The van der Waals surface area contributed by atoms with E-state index in [-0.39, 0.29) is 11.5 Å². The highest BCUT2D eigenvalue weighted by molar-refractivity contribution is 4.74. The van der Waals surface area contributed by atoms with Gasteiger partial charge in [0.15, 0.2) is 0 Å². The monoisotopic (exact) mass is 215 g/mol. The normalized spacial score (nSPS) is 22.4. The van der Waals surface area contributed by atoms with Gasteiger partial charge in [0.2, 0.25) is 0 Å². The van der Waals surface area contributed by atoms with Crippen LogP contribution >= 0.6 is 0 Å². The molecule has 0 aromatic carbocycles. The topological polar surface area (TPSA) is 32.7 Å². The molecule has 0 aromatic heterocycles. The van der Waals surface area contributed by atoms with Gasteiger partial charge in [-0.1, -0.05) is 20.8 Å². The number of hydrogen-bond acceptors (Lipinski definition) is 3. The summed E-state index contributed by atoms with van der Waals surface area (Å²) in [6.07, 6.45) is 1.77. The molecule has 90 valence electrons. The molecule has 0 spiro atoms. The van der Waals surface area contributed by atoms with Crippen molar-refractivity contribution in [1.82, 2.24) is 4.90 Å². The number of rotatable bonds is 3. The van der Waals surface area contributed by atoms with E-state index in [1.165, 1.54) is 0 Å². The van der Waals surface area contributed by atoms with Gasteiger partial charge in [0.05, 0.1) is 12.7 Å². The highest BCUT2D eigenvalue weighted by atomic mass is 16.5. The van der Waals surface area contributed by atoms with E-state index >= 15 is 0 Å². The molecule has 0 radical (unpaired) electrons. The summed E-state index contributed by atoms with van der Waals surface area (Å²) in [7, 11) is 0. The predicted molar refractivity (Wildman–Crippen MR) is 62.0 cm³/mol. The summed E-state index contributed by atoms with van der Waals surface area (Å²) in [5, 5.41) is 9.93. The largest absolute Gasteiger partial charge is 0.393 e. The quantitative estimate of drug-likeness (QED) is 0.774. The second kappa shape index (κ2) is 5.83. The standard InChI is InChI=1S/C12H25NO2/c1-12(2,3)11(14)5-7-13-6-4-9-15-10-8-13/h11,14H,4-10H2,1-3H3. The van der Waals surface area contributed by atoms with E-state index in [9.17, 15) is 5.11 Å². The molecule has 1 aliphatic rings. The Morgan fingerprint density at radius 3 is 2.67 bits per heavy atom. The van der Waals surface area contributed by atoms with Crippen molar-refractivity contribution in [3.8, 4) is 0 Å². The van der Waals surface area contributed by atoms with Gasteiger partial charge in [0.1, 0.15) is 0 Å². The van der Waals surface area contributed by atoms with E-state index in [1.54, 1.807) is 0 Å². The molecule has 1 heterocycles. The maximum atomic E-state index is 9.93. The predicted octanol–water partition coefficient (Wildman–Crippen LogP) is 1.51. The van der Waals surface area contributed by atoms with Crippen molar-refractivity contribution in [2.45, 2.75) is 39.7 Å². The fourth-order valence-electron chi connectivity index (χ4n) is 1.76. The van der Waals surface area contributed by atoms with Crippen LogP contribution in [0.3, 0.4) is 0 Å². The lowest BCUT2D eigenvalue weighted by Crippen LogP contribution is -2.34. The number of ether oxygens (including phenoxy) is 1. The second-order valence-electron chi connectivity index (χ2n) is 5.48. The van der Waals surface area contributed by atoms with Gasteiger partial charge in [-0.15, -0.1) is 0 Å². The molecule has 0 amide bonds. The van der Waals surface area contributed by atoms with Crippen LogP contribution in [-0.4, -0.2) is 49.0 Å². The van der Waals surface area contributed by atoms with Gasteiger partial charge in [0, 0.05) is 26.2 Å². The number of aliphatic hydroxyl groups is 1. The average molecular weight is 215 g/mol. The molecule has 3 heteroatoms.